The van der Waals surface area contributed by atoms with Crippen LogP contribution in [-0.2, 0) is 4.79 Å². The molecule has 0 aromatic rings. The van der Waals surface area contributed by atoms with Gasteiger partial charge in [-0.05, 0) is 13.3 Å². The van der Waals surface area contributed by atoms with Crippen LogP contribution in [0.15, 0.2) is 0 Å². The number of hydrogen-bond donors (Lipinski definition) is 1. The van der Waals surface area contributed by atoms with Gasteiger partial charge in [0.15, 0.2) is 0 Å². The molecule has 0 aliphatic carbocycles. The summed E-state index contributed by atoms with van der Waals surface area (Å²) in [6.45, 7) is 1.62. The molecule has 0 bridgehead atoms. The van der Waals surface area contributed by atoms with Gasteiger partial charge >= 0.3 is 5.97 Å². The first-order chi connectivity index (χ1) is 5.22. The van der Waals surface area contributed by atoms with Crippen molar-refractivity contribution in [3.8, 4) is 24.2 Å². The molecule has 0 spiro atoms. The van der Waals surface area contributed by atoms with Gasteiger partial charge in [-0.3, -0.25) is 4.79 Å². The highest BCUT2D eigenvalue weighted by Gasteiger charge is 2.12. The monoisotopic (exact) mass is 150 g/mol. The third-order valence-corrected chi connectivity index (χ3v) is 1.19. The molecule has 0 radical (unpaired) electrons. The molecule has 0 saturated carbocycles. The lowest BCUT2D eigenvalue weighted by molar-refractivity contribution is -0.139. The van der Waals surface area contributed by atoms with Gasteiger partial charge in [-0.15, -0.1) is 18.3 Å². The lowest BCUT2D eigenvalue weighted by Gasteiger charge is -2.00. The third-order valence-electron chi connectivity index (χ3n) is 1.19. The molecule has 0 rings (SSSR count). The van der Waals surface area contributed by atoms with E-state index in [1.54, 1.807) is 6.92 Å². The largest absolute Gasteiger partial charge is 0.480 e. The van der Waals surface area contributed by atoms with E-state index in [9.17, 15) is 4.79 Å². The number of aliphatic carboxylic acids is 1. The van der Waals surface area contributed by atoms with E-state index in [1.165, 1.54) is 0 Å². The summed E-state index contributed by atoms with van der Waals surface area (Å²) in [5.74, 6) is 6.02. The van der Waals surface area contributed by atoms with Gasteiger partial charge in [-0.2, -0.15) is 0 Å². The second-order valence-electron chi connectivity index (χ2n) is 2.03. The zero-order valence-corrected chi connectivity index (χ0v) is 6.42. The molecule has 0 amide bonds. The Hall–Kier alpha value is -1.41. The lowest BCUT2D eigenvalue weighted by atomic mass is 10.1. The minimum Gasteiger partial charge on any atom is -0.480 e. The topological polar surface area (TPSA) is 37.3 Å². The highest BCUT2D eigenvalue weighted by molar-refractivity contribution is 5.73. The van der Waals surface area contributed by atoms with E-state index in [4.69, 9.17) is 11.5 Å². The molecule has 0 aromatic carbocycles. The fraction of sp³-hybridized carbons (Fsp3) is 0.444. The molecular weight excluding hydrogens is 140 g/mol. The zero-order chi connectivity index (χ0) is 8.69. The molecule has 0 aliphatic rings. The molecule has 0 saturated heterocycles. The van der Waals surface area contributed by atoms with E-state index < -0.39 is 11.9 Å². The number of terminal acetylenes is 1. The van der Waals surface area contributed by atoms with Crippen LogP contribution >= 0.6 is 0 Å². The van der Waals surface area contributed by atoms with Crippen LogP contribution in [0.3, 0.4) is 0 Å². The highest BCUT2D eigenvalue weighted by atomic mass is 16.4. The van der Waals surface area contributed by atoms with E-state index in [2.05, 4.69) is 17.8 Å². The van der Waals surface area contributed by atoms with Crippen LogP contribution in [0.5, 0.6) is 0 Å². The molecule has 1 atom stereocenters. The number of rotatable bonds is 3. The molecule has 2 heteroatoms. The summed E-state index contributed by atoms with van der Waals surface area (Å²) in [6, 6.07) is 0. The van der Waals surface area contributed by atoms with Crippen molar-refractivity contribution in [3.05, 3.63) is 0 Å². The predicted octanol–water partition coefficient (Wildman–Crippen LogP) is 1.12. The smallest absolute Gasteiger partial charge is 0.318 e. The van der Waals surface area contributed by atoms with Gasteiger partial charge in [0.1, 0.15) is 5.92 Å². The molecule has 0 heterocycles. The van der Waals surface area contributed by atoms with Crippen molar-refractivity contribution in [1.82, 2.24) is 0 Å². The maximum Gasteiger partial charge on any atom is 0.318 e. The van der Waals surface area contributed by atoms with Gasteiger partial charge in [0.05, 0.1) is 0 Å². The summed E-state index contributed by atoms with van der Waals surface area (Å²) in [4.78, 5) is 10.4. The molecule has 2 nitrogen and oxygen atoms in total. The van der Waals surface area contributed by atoms with Crippen molar-refractivity contribution >= 4 is 5.97 Å². The first-order valence-electron chi connectivity index (χ1n) is 3.31. The Morgan fingerprint density at radius 3 is 2.73 bits per heavy atom. The first-order valence-corrected chi connectivity index (χ1v) is 3.31. The van der Waals surface area contributed by atoms with Crippen LogP contribution in [-0.4, -0.2) is 11.1 Å². The Labute approximate surface area is 66.6 Å². The molecule has 1 N–H and O–H groups in total. The Balaban J connectivity index is 3.99. The second kappa shape index (κ2) is 5.38. The van der Waals surface area contributed by atoms with Gasteiger partial charge in [0.25, 0.3) is 0 Å². The summed E-state index contributed by atoms with van der Waals surface area (Å²) in [7, 11) is 0. The van der Waals surface area contributed by atoms with Crippen LogP contribution in [0.2, 0.25) is 0 Å². The number of carboxylic acids is 1. The Morgan fingerprint density at radius 2 is 2.36 bits per heavy atom. The molecule has 1 unspecified atom stereocenters. The van der Waals surface area contributed by atoms with Crippen LogP contribution in [0.4, 0.5) is 0 Å². The van der Waals surface area contributed by atoms with Crippen molar-refractivity contribution in [2.24, 2.45) is 5.92 Å². The normalized spacial score (nSPS) is 10.5. The number of carboxylic acid groups (broad SMARTS) is 1. The zero-order valence-electron chi connectivity index (χ0n) is 6.42. The summed E-state index contributed by atoms with van der Waals surface area (Å²) >= 11 is 0. The van der Waals surface area contributed by atoms with Crippen LogP contribution in [0.25, 0.3) is 0 Å². The van der Waals surface area contributed by atoms with Crippen molar-refractivity contribution in [1.29, 1.82) is 0 Å². The Morgan fingerprint density at radius 1 is 1.73 bits per heavy atom. The molecule has 0 aromatic heterocycles. The number of carbonyl (C=O) groups is 1. The standard InChI is InChI=1S/C9H10O2/c1-3-5-7-8(6-4-2)9(10)11/h1,8H,5,7H2,2H3,(H,10,11). The van der Waals surface area contributed by atoms with E-state index in [0.29, 0.717) is 12.8 Å². The highest BCUT2D eigenvalue weighted by Crippen LogP contribution is 2.04. The third kappa shape index (κ3) is 4.06. The van der Waals surface area contributed by atoms with E-state index in [1.807, 2.05) is 0 Å². The number of hydrogen-bond acceptors (Lipinski definition) is 1. The van der Waals surface area contributed by atoms with Gasteiger partial charge in [-0.25, -0.2) is 0 Å². The molecule has 0 aliphatic heterocycles. The SMILES string of the molecule is C#CCCC(C#CC)C(=O)O. The Bertz CT molecular complexity index is 224. The molecular formula is C9H10O2. The fourth-order valence-corrected chi connectivity index (χ4v) is 0.659. The predicted molar refractivity (Wildman–Crippen MR) is 42.6 cm³/mol. The van der Waals surface area contributed by atoms with Crippen molar-refractivity contribution in [3.63, 3.8) is 0 Å². The molecule has 11 heavy (non-hydrogen) atoms. The first kappa shape index (κ1) is 9.59. The van der Waals surface area contributed by atoms with Gasteiger partial charge < -0.3 is 5.11 Å². The van der Waals surface area contributed by atoms with Gasteiger partial charge in [0.2, 0.25) is 0 Å². The molecule has 0 fully saturated rings. The summed E-state index contributed by atoms with van der Waals surface area (Å²) < 4.78 is 0. The van der Waals surface area contributed by atoms with Crippen molar-refractivity contribution in [2.45, 2.75) is 19.8 Å². The quantitative estimate of drug-likeness (QED) is 0.612. The lowest BCUT2D eigenvalue weighted by Crippen LogP contribution is -2.10. The van der Waals surface area contributed by atoms with Crippen LogP contribution in [0, 0.1) is 30.1 Å². The Kier molecular flexibility index (Phi) is 4.69. The van der Waals surface area contributed by atoms with E-state index in [0.717, 1.165) is 0 Å². The van der Waals surface area contributed by atoms with E-state index >= 15 is 0 Å². The summed E-state index contributed by atoms with van der Waals surface area (Å²) in [5.41, 5.74) is 0. The van der Waals surface area contributed by atoms with Crippen molar-refractivity contribution in [2.75, 3.05) is 0 Å². The van der Waals surface area contributed by atoms with Gasteiger partial charge in [-0.1, -0.05) is 5.92 Å². The maximum atomic E-state index is 10.4. The average molecular weight is 150 g/mol. The minimum absolute atomic E-state index is 0.437. The average Bonchev–Trinajstić information content (AvgIpc) is 1.97. The van der Waals surface area contributed by atoms with Crippen LogP contribution in [0.1, 0.15) is 19.8 Å². The second-order valence-corrected chi connectivity index (χ2v) is 2.03. The maximum absolute atomic E-state index is 10.4. The minimum atomic E-state index is -0.894. The van der Waals surface area contributed by atoms with Crippen LogP contribution < -0.4 is 0 Å². The fourth-order valence-electron chi connectivity index (χ4n) is 0.659. The molecule has 58 valence electrons. The summed E-state index contributed by atoms with van der Waals surface area (Å²) in [6.07, 6.45) is 5.88. The van der Waals surface area contributed by atoms with E-state index in [-0.39, 0.29) is 0 Å². The van der Waals surface area contributed by atoms with Crippen molar-refractivity contribution < 1.29 is 9.90 Å². The van der Waals surface area contributed by atoms with Gasteiger partial charge in [0, 0.05) is 6.42 Å². The summed E-state index contributed by atoms with van der Waals surface area (Å²) in [5, 5.41) is 8.56.